The molecule has 3 heterocycles. The highest BCUT2D eigenvalue weighted by Gasteiger charge is 2.13. The van der Waals surface area contributed by atoms with Crippen molar-refractivity contribution in [3.63, 3.8) is 0 Å². The molecule has 28 heavy (non-hydrogen) atoms. The number of hydrogen-bond donors (Lipinski definition) is 1. The monoisotopic (exact) mass is 382 g/mol. The third kappa shape index (κ3) is 4.50. The summed E-state index contributed by atoms with van der Waals surface area (Å²) in [5.74, 6) is -0.0588. The van der Waals surface area contributed by atoms with Crippen molar-refractivity contribution >= 4 is 12.3 Å². The summed E-state index contributed by atoms with van der Waals surface area (Å²) in [5.41, 5.74) is 2.11. The number of carboxylic acids is 1. The Morgan fingerprint density at radius 2 is 2.18 bits per heavy atom. The van der Waals surface area contributed by atoms with E-state index >= 15 is 0 Å². The summed E-state index contributed by atoms with van der Waals surface area (Å²) >= 11 is 0. The van der Waals surface area contributed by atoms with Gasteiger partial charge in [-0.2, -0.15) is 5.10 Å². The number of hydrogen-bond acceptors (Lipinski definition) is 7. The van der Waals surface area contributed by atoms with Gasteiger partial charge in [0.05, 0.1) is 20.1 Å². The molecule has 0 bridgehead atoms. The second-order valence-corrected chi connectivity index (χ2v) is 5.79. The topological polar surface area (TPSA) is 116 Å². The van der Waals surface area contributed by atoms with Gasteiger partial charge in [0.15, 0.2) is 6.29 Å². The van der Waals surface area contributed by atoms with Crippen molar-refractivity contribution < 1.29 is 24.2 Å². The van der Waals surface area contributed by atoms with E-state index in [0.717, 1.165) is 6.29 Å². The van der Waals surface area contributed by atoms with E-state index in [1.54, 1.807) is 41.3 Å². The first-order valence-corrected chi connectivity index (χ1v) is 8.42. The van der Waals surface area contributed by atoms with Gasteiger partial charge in [0.2, 0.25) is 5.88 Å². The summed E-state index contributed by atoms with van der Waals surface area (Å²) < 4.78 is 12.4. The van der Waals surface area contributed by atoms with Crippen LogP contribution in [0, 0.1) is 0 Å². The smallest absolute Gasteiger partial charge is 0.305 e. The third-order valence-corrected chi connectivity index (χ3v) is 3.93. The predicted molar refractivity (Wildman–Crippen MR) is 98.2 cm³/mol. The van der Waals surface area contributed by atoms with E-state index in [1.807, 2.05) is 0 Å². The maximum atomic E-state index is 11.3. The Morgan fingerprint density at radius 3 is 2.93 bits per heavy atom. The zero-order valence-corrected chi connectivity index (χ0v) is 15.1. The summed E-state index contributed by atoms with van der Waals surface area (Å²) in [4.78, 5) is 30.4. The Labute approximate surface area is 160 Å². The summed E-state index contributed by atoms with van der Waals surface area (Å²) in [5, 5.41) is 13.1. The molecule has 0 atom stereocenters. The summed E-state index contributed by atoms with van der Waals surface area (Å²) in [7, 11) is 1.48. The molecular formula is C19H18N4O5. The molecule has 1 N–H and O–H groups in total. The van der Waals surface area contributed by atoms with E-state index in [-0.39, 0.29) is 19.6 Å². The van der Waals surface area contributed by atoms with E-state index in [0.29, 0.717) is 34.1 Å². The number of carboxylic acid groups (broad SMARTS) is 1. The number of pyridine rings is 2. The van der Waals surface area contributed by atoms with Crippen LogP contribution in [0.2, 0.25) is 0 Å². The standard InChI is InChI=1S/C19H18N4O5/c1-27-17-9-13(11-24)14(10-21-17)12-28-16-3-2-6-20-19(16)15-4-7-23(22-15)8-5-18(25)26/h2-4,6-7,9-11H,5,8,12H2,1H3,(H,25,26). The minimum absolute atomic E-state index is 0.0222. The van der Waals surface area contributed by atoms with Crippen LogP contribution in [0.5, 0.6) is 11.6 Å². The van der Waals surface area contributed by atoms with E-state index in [4.69, 9.17) is 14.6 Å². The van der Waals surface area contributed by atoms with Gasteiger partial charge < -0.3 is 14.6 Å². The molecule has 9 heteroatoms. The van der Waals surface area contributed by atoms with Gasteiger partial charge in [-0.1, -0.05) is 0 Å². The second-order valence-electron chi connectivity index (χ2n) is 5.79. The number of carbonyl (C=O) groups excluding carboxylic acids is 1. The van der Waals surface area contributed by atoms with Crippen LogP contribution in [-0.4, -0.2) is 44.2 Å². The molecule has 0 fully saturated rings. The molecule has 0 amide bonds. The van der Waals surface area contributed by atoms with Crippen LogP contribution in [0.3, 0.4) is 0 Å². The van der Waals surface area contributed by atoms with Crippen molar-refractivity contribution in [1.29, 1.82) is 0 Å². The number of ether oxygens (including phenoxy) is 2. The summed E-state index contributed by atoms with van der Waals surface area (Å²) in [6.07, 6.45) is 5.53. The van der Waals surface area contributed by atoms with Crippen LogP contribution in [0.4, 0.5) is 0 Å². The molecule has 0 unspecified atom stereocenters. The Morgan fingerprint density at radius 1 is 1.32 bits per heavy atom. The molecule has 0 radical (unpaired) electrons. The second kappa shape index (κ2) is 8.76. The van der Waals surface area contributed by atoms with Crippen molar-refractivity contribution in [3.05, 3.63) is 54.0 Å². The molecular weight excluding hydrogens is 364 g/mol. The fraction of sp³-hybridized carbons (Fsp3) is 0.211. The highest BCUT2D eigenvalue weighted by Crippen LogP contribution is 2.27. The predicted octanol–water partition coefficient (Wildman–Crippen LogP) is 2.21. The number of aryl methyl sites for hydroxylation is 1. The molecule has 0 aromatic carbocycles. The summed E-state index contributed by atoms with van der Waals surface area (Å²) in [6.45, 7) is 0.377. The largest absolute Gasteiger partial charge is 0.486 e. The molecule has 0 saturated heterocycles. The first-order valence-electron chi connectivity index (χ1n) is 8.42. The molecule has 3 rings (SSSR count). The number of aromatic nitrogens is 4. The maximum absolute atomic E-state index is 11.3. The molecule has 0 aliphatic heterocycles. The molecule has 0 aliphatic carbocycles. The molecule has 0 saturated carbocycles. The highest BCUT2D eigenvalue weighted by atomic mass is 16.5. The minimum Gasteiger partial charge on any atom is -0.486 e. The van der Waals surface area contributed by atoms with Gasteiger partial charge in [-0.3, -0.25) is 19.3 Å². The lowest BCUT2D eigenvalue weighted by atomic mass is 10.1. The van der Waals surface area contributed by atoms with Gasteiger partial charge >= 0.3 is 5.97 Å². The lowest BCUT2D eigenvalue weighted by Crippen LogP contribution is -2.05. The normalized spacial score (nSPS) is 10.5. The minimum atomic E-state index is -0.891. The van der Waals surface area contributed by atoms with Crippen LogP contribution in [0.15, 0.2) is 42.9 Å². The van der Waals surface area contributed by atoms with Gasteiger partial charge in [-0.05, 0) is 18.2 Å². The lowest BCUT2D eigenvalue weighted by Gasteiger charge is -2.11. The Balaban J connectivity index is 1.78. The number of methoxy groups -OCH3 is 1. The first-order chi connectivity index (χ1) is 13.6. The zero-order valence-electron chi connectivity index (χ0n) is 15.1. The van der Waals surface area contributed by atoms with Crippen molar-refractivity contribution in [2.45, 2.75) is 19.6 Å². The molecule has 9 nitrogen and oxygen atoms in total. The fourth-order valence-corrected chi connectivity index (χ4v) is 2.50. The van der Waals surface area contributed by atoms with Gasteiger partial charge in [-0.25, -0.2) is 4.98 Å². The van der Waals surface area contributed by atoms with Gasteiger partial charge in [0.1, 0.15) is 23.7 Å². The van der Waals surface area contributed by atoms with Crippen molar-refractivity contribution in [2.75, 3.05) is 7.11 Å². The van der Waals surface area contributed by atoms with Gasteiger partial charge in [-0.15, -0.1) is 0 Å². The SMILES string of the molecule is COc1cc(C=O)c(COc2cccnc2-c2ccn(CCC(=O)O)n2)cn1. The maximum Gasteiger partial charge on any atom is 0.305 e. The van der Waals surface area contributed by atoms with Crippen molar-refractivity contribution in [3.8, 4) is 23.0 Å². The lowest BCUT2D eigenvalue weighted by molar-refractivity contribution is -0.137. The Bertz CT molecular complexity index is 986. The fourth-order valence-electron chi connectivity index (χ4n) is 2.50. The van der Waals surface area contributed by atoms with E-state index in [1.165, 1.54) is 13.3 Å². The first kappa shape index (κ1) is 19.0. The number of carbonyl (C=O) groups is 2. The number of aldehydes is 1. The van der Waals surface area contributed by atoms with Crippen LogP contribution >= 0.6 is 0 Å². The molecule has 144 valence electrons. The van der Waals surface area contributed by atoms with E-state index < -0.39 is 5.97 Å². The molecule has 0 aliphatic rings. The van der Waals surface area contributed by atoms with E-state index in [2.05, 4.69) is 15.1 Å². The van der Waals surface area contributed by atoms with Crippen molar-refractivity contribution in [2.24, 2.45) is 0 Å². The average molecular weight is 382 g/mol. The van der Waals surface area contributed by atoms with Crippen LogP contribution < -0.4 is 9.47 Å². The van der Waals surface area contributed by atoms with Crippen LogP contribution in [0.1, 0.15) is 22.3 Å². The highest BCUT2D eigenvalue weighted by molar-refractivity contribution is 5.77. The zero-order chi connectivity index (χ0) is 19.9. The van der Waals surface area contributed by atoms with E-state index in [9.17, 15) is 9.59 Å². The number of rotatable bonds is 9. The average Bonchev–Trinajstić information content (AvgIpc) is 3.19. The number of nitrogens with zero attached hydrogens (tertiary/aromatic N) is 4. The number of aliphatic carboxylic acids is 1. The molecule has 3 aromatic rings. The van der Waals surface area contributed by atoms with Crippen LogP contribution in [-0.2, 0) is 17.9 Å². The van der Waals surface area contributed by atoms with Gasteiger partial charge in [0.25, 0.3) is 0 Å². The van der Waals surface area contributed by atoms with Crippen LogP contribution in [0.25, 0.3) is 11.4 Å². The van der Waals surface area contributed by atoms with Crippen molar-refractivity contribution in [1.82, 2.24) is 19.7 Å². The molecule has 0 spiro atoms. The molecule has 3 aromatic heterocycles. The third-order valence-electron chi connectivity index (χ3n) is 3.93. The Hall–Kier alpha value is -3.75. The van der Waals surface area contributed by atoms with Gasteiger partial charge in [0, 0.05) is 35.8 Å². The quantitative estimate of drug-likeness (QED) is 0.560. The Kier molecular flexibility index (Phi) is 5.95. The summed E-state index contributed by atoms with van der Waals surface area (Å²) in [6, 6.07) is 6.76.